The first-order valence-electron chi connectivity index (χ1n) is 3.89. The lowest BCUT2D eigenvalue weighted by Gasteiger charge is -2.18. The summed E-state index contributed by atoms with van der Waals surface area (Å²) >= 11 is 0. The minimum Gasteiger partial charge on any atom is -0.228 e. The Balaban J connectivity index is 3.09. The standard InChI is InChI=1S/C8H16O2S/c1-7(2)5-8(3,4)11(9,10)6-7/h5-6H2,1-4H3. The highest BCUT2D eigenvalue weighted by Crippen LogP contribution is 2.42. The second kappa shape index (κ2) is 2.00. The van der Waals surface area contributed by atoms with Crippen LogP contribution in [-0.2, 0) is 9.84 Å². The van der Waals surface area contributed by atoms with Crippen LogP contribution in [-0.4, -0.2) is 18.9 Å². The van der Waals surface area contributed by atoms with Crippen LogP contribution in [0.5, 0.6) is 0 Å². The fraction of sp³-hybridized carbons (Fsp3) is 1.00. The van der Waals surface area contributed by atoms with Gasteiger partial charge in [0.1, 0.15) is 0 Å². The van der Waals surface area contributed by atoms with Crippen LogP contribution < -0.4 is 0 Å². The smallest absolute Gasteiger partial charge is 0.156 e. The Kier molecular flexibility index (Phi) is 1.65. The molecule has 1 heterocycles. The molecule has 1 aliphatic heterocycles. The van der Waals surface area contributed by atoms with Crippen LogP contribution in [0, 0.1) is 5.41 Å². The van der Waals surface area contributed by atoms with Gasteiger partial charge in [0.2, 0.25) is 0 Å². The Hall–Kier alpha value is -0.0500. The van der Waals surface area contributed by atoms with E-state index in [1.807, 2.05) is 27.7 Å². The molecular formula is C8H16O2S. The molecule has 1 saturated heterocycles. The summed E-state index contributed by atoms with van der Waals surface area (Å²) in [6.07, 6.45) is 0.780. The Bertz CT molecular complexity index is 260. The molecule has 0 amide bonds. The van der Waals surface area contributed by atoms with Gasteiger partial charge in [-0.05, 0) is 25.7 Å². The van der Waals surface area contributed by atoms with E-state index in [0.717, 1.165) is 6.42 Å². The number of sulfone groups is 1. The maximum absolute atomic E-state index is 11.5. The summed E-state index contributed by atoms with van der Waals surface area (Å²) in [5.41, 5.74) is -0.0255. The molecule has 1 aliphatic rings. The SMILES string of the molecule is CC1(C)CC(C)(C)S(=O)(=O)C1. The van der Waals surface area contributed by atoms with E-state index < -0.39 is 14.6 Å². The van der Waals surface area contributed by atoms with Gasteiger partial charge in [0.05, 0.1) is 10.5 Å². The number of hydrogen-bond acceptors (Lipinski definition) is 2. The molecule has 0 atom stereocenters. The second-order valence-electron chi connectivity index (χ2n) is 4.86. The van der Waals surface area contributed by atoms with Crippen molar-refractivity contribution in [3.05, 3.63) is 0 Å². The van der Waals surface area contributed by atoms with Crippen molar-refractivity contribution < 1.29 is 8.42 Å². The monoisotopic (exact) mass is 176 g/mol. The highest BCUT2D eigenvalue weighted by atomic mass is 32.2. The van der Waals surface area contributed by atoms with Crippen LogP contribution in [0.3, 0.4) is 0 Å². The first kappa shape index (κ1) is 9.04. The maximum atomic E-state index is 11.5. The molecule has 0 spiro atoms. The molecule has 0 aromatic carbocycles. The summed E-state index contributed by atoms with van der Waals surface area (Å²) in [5, 5.41) is 0. The molecule has 1 rings (SSSR count). The third-order valence-corrected chi connectivity index (χ3v) is 5.32. The van der Waals surface area contributed by atoms with E-state index in [1.54, 1.807) is 0 Å². The van der Waals surface area contributed by atoms with Crippen LogP contribution in [0.15, 0.2) is 0 Å². The third-order valence-electron chi connectivity index (χ3n) is 2.33. The van der Waals surface area contributed by atoms with Crippen molar-refractivity contribution in [2.24, 2.45) is 5.41 Å². The molecule has 66 valence electrons. The molecule has 2 nitrogen and oxygen atoms in total. The van der Waals surface area contributed by atoms with E-state index in [-0.39, 0.29) is 5.41 Å². The normalized spacial score (nSPS) is 32.0. The zero-order valence-corrected chi connectivity index (χ0v) is 8.46. The minimum absolute atomic E-state index is 0.0255. The van der Waals surface area contributed by atoms with Crippen molar-refractivity contribution >= 4 is 9.84 Å². The fourth-order valence-corrected chi connectivity index (χ4v) is 4.16. The lowest BCUT2D eigenvalue weighted by atomic mass is 9.86. The lowest BCUT2D eigenvalue weighted by Crippen LogP contribution is -2.26. The number of hydrogen-bond donors (Lipinski definition) is 0. The number of rotatable bonds is 0. The molecule has 11 heavy (non-hydrogen) atoms. The van der Waals surface area contributed by atoms with Crippen molar-refractivity contribution in [1.29, 1.82) is 0 Å². The van der Waals surface area contributed by atoms with E-state index in [4.69, 9.17) is 0 Å². The topological polar surface area (TPSA) is 34.1 Å². The quantitative estimate of drug-likeness (QED) is 0.562. The highest BCUT2D eigenvalue weighted by Gasteiger charge is 2.48. The molecule has 1 fully saturated rings. The van der Waals surface area contributed by atoms with E-state index >= 15 is 0 Å². The van der Waals surface area contributed by atoms with Crippen molar-refractivity contribution in [3.8, 4) is 0 Å². The van der Waals surface area contributed by atoms with E-state index in [0.29, 0.717) is 5.75 Å². The van der Waals surface area contributed by atoms with Crippen LogP contribution in [0.1, 0.15) is 34.1 Å². The Labute approximate surface area is 68.9 Å². The second-order valence-corrected chi connectivity index (χ2v) is 7.48. The molecule has 0 saturated carbocycles. The van der Waals surface area contributed by atoms with Gasteiger partial charge in [-0.1, -0.05) is 13.8 Å². The van der Waals surface area contributed by atoms with Gasteiger partial charge < -0.3 is 0 Å². The molecule has 0 bridgehead atoms. The van der Waals surface area contributed by atoms with Gasteiger partial charge >= 0.3 is 0 Å². The Morgan fingerprint density at radius 2 is 1.55 bits per heavy atom. The van der Waals surface area contributed by atoms with Crippen LogP contribution in [0.4, 0.5) is 0 Å². The fourth-order valence-electron chi connectivity index (χ4n) is 2.02. The van der Waals surface area contributed by atoms with E-state index in [2.05, 4.69) is 0 Å². The van der Waals surface area contributed by atoms with Crippen molar-refractivity contribution in [3.63, 3.8) is 0 Å². The van der Waals surface area contributed by atoms with Crippen molar-refractivity contribution in [2.45, 2.75) is 38.9 Å². The molecular weight excluding hydrogens is 160 g/mol. The van der Waals surface area contributed by atoms with Gasteiger partial charge in [-0.25, -0.2) is 8.42 Å². The average Bonchev–Trinajstić information content (AvgIpc) is 1.66. The van der Waals surface area contributed by atoms with Gasteiger partial charge in [0, 0.05) is 0 Å². The molecule has 0 unspecified atom stereocenters. The van der Waals surface area contributed by atoms with Crippen LogP contribution >= 0.6 is 0 Å². The molecule has 0 N–H and O–H groups in total. The largest absolute Gasteiger partial charge is 0.228 e. The highest BCUT2D eigenvalue weighted by molar-refractivity contribution is 7.93. The molecule has 0 radical (unpaired) electrons. The maximum Gasteiger partial charge on any atom is 0.156 e. The predicted octanol–water partition coefficient (Wildman–Crippen LogP) is 1.61. The molecule has 0 aliphatic carbocycles. The first-order valence-corrected chi connectivity index (χ1v) is 5.54. The van der Waals surface area contributed by atoms with Gasteiger partial charge in [-0.3, -0.25) is 0 Å². The summed E-state index contributed by atoms with van der Waals surface area (Å²) in [4.78, 5) is 0. The summed E-state index contributed by atoms with van der Waals surface area (Å²) in [7, 11) is -2.83. The Morgan fingerprint density at radius 1 is 1.09 bits per heavy atom. The summed E-state index contributed by atoms with van der Waals surface area (Å²) in [6.45, 7) is 7.66. The van der Waals surface area contributed by atoms with Crippen LogP contribution in [0.25, 0.3) is 0 Å². The average molecular weight is 176 g/mol. The molecule has 3 heteroatoms. The Morgan fingerprint density at radius 3 is 1.64 bits per heavy atom. The lowest BCUT2D eigenvalue weighted by molar-refractivity contribution is 0.373. The predicted molar refractivity (Wildman–Crippen MR) is 46.3 cm³/mol. The van der Waals surface area contributed by atoms with E-state index in [1.165, 1.54) is 0 Å². The van der Waals surface area contributed by atoms with Crippen molar-refractivity contribution in [2.75, 3.05) is 5.75 Å². The van der Waals surface area contributed by atoms with Crippen molar-refractivity contribution in [1.82, 2.24) is 0 Å². The zero-order valence-electron chi connectivity index (χ0n) is 7.64. The van der Waals surface area contributed by atoms with Gasteiger partial charge in [-0.15, -0.1) is 0 Å². The van der Waals surface area contributed by atoms with Crippen LogP contribution in [0.2, 0.25) is 0 Å². The summed E-state index contributed by atoms with van der Waals surface area (Å²) in [6, 6.07) is 0. The summed E-state index contributed by atoms with van der Waals surface area (Å²) in [5.74, 6) is 0.340. The minimum atomic E-state index is -2.83. The van der Waals surface area contributed by atoms with Gasteiger partial charge in [-0.2, -0.15) is 0 Å². The van der Waals surface area contributed by atoms with E-state index in [9.17, 15) is 8.42 Å². The molecule has 0 aromatic rings. The zero-order chi connectivity index (χ0) is 8.91. The third kappa shape index (κ3) is 1.43. The van der Waals surface area contributed by atoms with Gasteiger partial charge in [0.15, 0.2) is 9.84 Å². The van der Waals surface area contributed by atoms with Gasteiger partial charge in [0.25, 0.3) is 0 Å². The molecule has 0 aromatic heterocycles. The summed E-state index contributed by atoms with van der Waals surface area (Å²) < 4.78 is 22.5. The first-order chi connectivity index (χ1) is 4.66.